The number of hydrogen-bond donors (Lipinski definition) is 2. The van der Waals surface area contributed by atoms with Gasteiger partial charge in [-0.05, 0) is 38.1 Å². The fourth-order valence-corrected chi connectivity index (χ4v) is 3.11. The van der Waals surface area contributed by atoms with E-state index >= 15 is 0 Å². The highest BCUT2D eigenvalue weighted by Gasteiger charge is 2.08. The van der Waals surface area contributed by atoms with Crippen molar-refractivity contribution in [1.29, 1.82) is 0 Å². The Morgan fingerprint density at radius 3 is 2.31 bits per heavy atom. The molecule has 0 radical (unpaired) electrons. The minimum atomic E-state index is 0.557. The van der Waals surface area contributed by atoms with Gasteiger partial charge in [0.1, 0.15) is 5.82 Å². The summed E-state index contributed by atoms with van der Waals surface area (Å²) in [6.45, 7) is 7.59. The molecule has 29 heavy (non-hydrogen) atoms. The molecular formula is C23H29N5O. The van der Waals surface area contributed by atoms with Crippen molar-refractivity contribution in [2.24, 2.45) is 0 Å². The van der Waals surface area contributed by atoms with E-state index in [9.17, 15) is 0 Å². The van der Waals surface area contributed by atoms with E-state index in [-0.39, 0.29) is 0 Å². The van der Waals surface area contributed by atoms with Crippen molar-refractivity contribution < 1.29 is 4.74 Å². The molecule has 0 bridgehead atoms. The van der Waals surface area contributed by atoms with Crippen LogP contribution in [0.25, 0.3) is 11.3 Å². The largest absolute Gasteiger partial charge is 0.383 e. The Bertz CT molecular complexity index is 880. The second-order valence-electron chi connectivity index (χ2n) is 6.59. The predicted molar refractivity (Wildman–Crippen MR) is 121 cm³/mol. The van der Waals surface area contributed by atoms with Gasteiger partial charge in [-0.15, -0.1) is 0 Å². The van der Waals surface area contributed by atoms with Crippen LogP contribution in [0.4, 0.5) is 23.1 Å². The van der Waals surface area contributed by atoms with Gasteiger partial charge in [0.25, 0.3) is 0 Å². The Kier molecular flexibility index (Phi) is 7.41. The van der Waals surface area contributed by atoms with Crippen molar-refractivity contribution in [3.8, 4) is 11.3 Å². The van der Waals surface area contributed by atoms with Crippen molar-refractivity contribution in [3.63, 3.8) is 0 Å². The fourth-order valence-electron chi connectivity index (χ4n) is 3.11. The van der Waals surface area contributed by atoms with Crippen LogP contribution < -0.4 is 15.5 Å². The van der Waals surface area contributed by atoms with Crippen molar-refractivity contribution in [2.45, 2.75) is 13.8 Å². The summed E-state index contributed by atoms with van der Waals surface area (Å²) in [5, 5.41) is 6.63. The molecule has 2 N–H and O–H groups in total. The molecule has 0 aliphatic carbocycles. The molecule has 3 aromatic rings. The highest BCUT2D eigenvalue weighted by molar-refractivity contribution is 5.66. The highest BCUT2D eigenvalue weighted by Crippen LogP contribution is 2.24. The molecule has 0 atom stereocenters. The van der Waals surface area contributed by atoms with Gasteiger partial charge < -0.3 is 20.3 Å². The summed E-state index contributed by atoms with van der Waals surface area (Å²) in [5.41, 5.74) is 4.07. The van der Waals surface area contributed by atoms with Crippen LogP contribution in [0.1, 0.15) is 13.8 Å². The van der Waals surface area contributed by atoms with Gasteiger partial charge in [0.15, 0.2) is 0 Å². The van der Waals surface area contributed by atoms with Crippen molar-refractivity contribution >= 4 is 23.1 Å². The van der Waals surface area contributed by atoms with Crippen LogP contribution in [-0.4, -0.2) is 43.3 Å². The van der Waals surface area contributed by atoms with Crippen molar-refractivity contribution in [2.75, 3.05) is 48.9 Å². The van der Waals surface area contributed by atoms with Crippen LogP contribution in [0.15, 0.2) is 60.7 Å². The molecule has 0 unspecified atom stereocenters. The third-order valence-corrected chi connectivity index (χ3v) is 4.66. The van der Waals surface area contributed by atoms with Crippen LogP contribution in [-0.2, 0) is 4.74 Å². The Hall–Kier alpha value is -3.12. The summed E-state index contributed by atoms with van der Waals surface area (Å²) in [7, 11) is 1.69. The average Bonchev–Trinajstić information content (AvgIpc) is 2.76. The third-order valence-electron chi connectivity index (χ3n) is 4.66. The zero-order valence-electron chi connectivity index (χ0n) is 17.4. The lowest BCUT2D eigenvalue weighted by Crippen LogP contribution is -2.21. The van der Waals surface area contributed by atoms with E-state index < -0.39 is 0 Å². The van der Waals surface area contributed by atoms with Gasteiger partial charge in [-0.1, -0.05) is 30.3 Å². The molecule has 0 aliphatic heterocycles. The zero-order valence-corrected chi connectivity index (χ0v) is 17.4. The van der Waals surface area contributed by atoms with Crippen LogP contribution in [0, 0.1) is 0 Å². The summed E-state index contributed by atoms with van der Waals surface area (Å²) in [6.07, 6.45) is 0. The van der Waals surface area contributed by atoms with Gasteiger partial charge in [-0.25, -0.2) is 4.98 Å². The molecule has 2 aromatic carbocycles. The molecule has 0 fully saturated rings. The van der Waals surface area contributed by atoms with E-state index in [4.69, 9.17) is 9.72 Å². The first-order valence-electron chi connectivity index (χ1n) is 10.0. The molecule has 6 nitrogen and oxygen atoms in total. The normalized spacial score (nSPS) is 10.6. The second kappa shape index (κ2) is 10.4. The van der Waals surface area contributed by atoms with Gasteiger partial charge >= 0.3 is 0 Å². The summed E-state index contributed by atoms with van der Waals surface area (Å²) >= 11 is 0. The molecule has 0 spiro atoms. The Morgan fingerprint density at radius 1 is 0.931 bits per heavy atom. The number of hydrogen-bond acceptors (Lipinski definition) is 6. The molecule has 152 valence electrons. The van der Waals surface area contributed by atoms with E-state index in [0.29, 0.717) is 19.1 Å². The molecule has 3 rings (SSSR count). The van der Waals surface area contributed by atoms with Gasteiger partial charge in [-0.3, -0.25) is 0 Å². The molecule has 0 amide bonds. The number of benzene rings is 2. The molecule has 0 aliphatic rings. The van der Waals surface area contributed by atoms with Gasteiger partial charge in [0.2, 0.25) is 5.95 Å². The third kappa shape index (κ3) is 5.68. The molecule has 1 aromatic heterocycles. The highest BCUT2D eigenvalue weighted by atomic mass is 16.5. The number of nitrogens with one attached hydrogen (secondary N) is 2. The number of nitrogens with zero attached hydrogens (tertiary/aromatic N) is 3. The quantitative estimate of drug-likeness (QED) is 0.485. The number of anilines is 4. The minimum absolute atomic E-state index is 0.557. The van der Waals surface area contributed by atoms with Crippen molar-refractivity contribution in [3.05, 3.63) is 60.7 Å². The monoisotopic (exact) mass is 391 g/mol. The van der Waals surface area contributed by atoms with E-state index in [0.717, 1.165) is 35.9 Å². The lowest BCUT2D eigenvalue weighted by Gasteiger charge is -2.21. The predicted octanol–water partition coefficient (Wildman–Crippen LogP) is 4.79. The number of aromatic nitrogens is 2. The Morgan fingerprint density at radius 2 is 1.66 bits per heavy atom. The first-order valence-corrected chi connectivity index (χ1v) is 10.0. The SMILES string of the molecule is CCN(CC)c1ccc(Nc2nc(NCCOC)cc(-c3ccccc3)n2)cc1. The van der Waals surface area contributed by atoms with E-state index in [2.05, 4.69) is 58.6 Å². The Labute approximate surface area is 173 Å². The van der Waals surface area contributed by atoms with E-state index in [1.807, 2.05) is 36.4 Å². The minimum Gasteiger partial charge on any atom is -0.383 e. The fraction of sp³-hybridized carbons (Fsp3) is 0.304. The van der Waals surface area contributed by atoms with Gasteiger partial charge in [0.05, 0.1) is 12.3 Å². The smallest absolute Gasteiger partial charge is 0.229 e. The summed E-state index contributed by atoms with van der Waals surface area (Å²) < 4.78 is 5.13. The number of methoxy groups -OCH3 is 1. The lowest BCUT2D eigenvalue weighted by atomic mass is 10.1. The number of rotatable bonds is 10. The van der Waals surface area contributed by atoms with Crippen LogP contribution in [0.2, 0.25) is 0 Å². The van der Waals surface area contributed by atoms with E-state index in [1.165, 1.54) is 5.69 Å². The summed E-state index contributed by atoms with van der Waals surface area (Å²) in [4.78, 5) is 11.6. The maximum Gasteiger partial charge on any atom is 0.229 e. The summed E-state index contributed by atoms with van der Waals surface area (Å²) in [6, 6.07) is 20.4. The first-order chi connectivity index (χ1) is 14.2. The summed E-state index contributed by atoms with van der Waals surface area (Å²) in [5.74, 6) is 1.32. The standard InChI is InChI=1S/C23H29N5O/c1-4-28(5-2)20-13-11-19(12-14-20)25-23-26-21(18-9-7-6-8-10-18)17-22(27-23)24-15-16-29-3/h6-14,17H,4-5,15-16H2,1-3H3,(H2,24,25,26,27). The van der Waals surface area contributed by atoms with Crippen LogP contribution in [0.5, 0.6) is 0 Å². The van der Waals surface area contributed by atoms with Crippen molar-refractivity contribution in [1.82, 2.24) is 9.97 Å². The second-order valence-corrected chi connectivity index (χ2v) is 6.59. The van der Waals surface area contributed by atoms with Gasteiger partial charge in [-0.2, -0.15) is 4.98 Å². The van der Waals surface area contributed by atoms with E-state index in [1.54, 1.807) is 7.11 Å². The maximum absolute atomic E-state index is 5.13. The maximum atomic E-state index is 5.13. The van der Waals surface area contributed by atoms with Crippen LogP contribution in [0.3, 0.4) is 0 Å². The molecule has 0 saturated carbocycles. The number of ether oxygens (including phenoxy) is 1. The molecule has 0 saturated heterocycles. The molecule has 6 heteroatoms. The lowest BCUT2D eigenvalue weighted by molar-refractivity contribution is 0.210. The molecular weight excluding hydrogens is 362 g/mol. The Balaban J connectivity index is 1.84. The van der Waals surface area contributed by atoms with Crippen LogP contribution >= 0.6 is 0 Å². The molecule has 1 heterocycles. The zero-order chi connectivity index (χ0) is 20.5. The van der Waals surface area contributed by atoms with Gasteiger partial charge in [0, 0.05) is 49.7 Å². The first kappa shape index (κ1) is 20.6. The average molecular weight is 392 g/mol. The topological polar surface area (TPSA) is 62.3 Å².